The smallest absolute Gasteiger partial charge is 0.355 e. The van der Waals surface area contributed by atoms with E-state index in [0.717, 1.165) is 48.0 Å². The van der Waals surface area contributed by atoms with E-state index < -0.39 is 11.6 Å². The lowest BCUT2D eigenvalue weighted by Crippen LogP contribution is -2.46. The molecule has 0 spiro atoms. The third-order valence-electron chi connectivity index (χ3n) is 8.92. The summed E-state index contributed by atoms with van der Waals surface area (Å²) in [6.45, 7) is 15.5. The average molecular weight is 532 g/mol. The van der Waals surface area contributed by atoms with Crippen LogP contribution in [0.5, 0.6) is 0 Å². The van der Waals surface area contributed by atoms with Gasteiger partial charge in [-0.15, -0.1) is 0 Å². The van der Waals surface area contributed by atoms with E-state index in [0.29, 0.717) is 45.9 Å². The zero-order chi connectivity index (χ0) is 27.8. The zero-order valence-corrected chi connectivity index (χ0v) is 23.2. The van der Waals surface area contributed by atoms with Crippen LogP contribution < -0.4 is 5.56 Å². The number of ether oxygens (including phenoxy) is 2. The summed E-state index contributed by atoms with van der Waals surface area (Å²) in [5.41, 5.74) is 4.98. The molecule has 1 aliphatic carbocycles. The van der Waals surface area contributed by atoms with Gasteiger partial charge in [-0.25, -0.2) is 14.2 Å². The highest BCUT2D eigenvalue weighted by Crippen LogP contribution is 2.48. The summed E-state index contributed by atoms with van der Waals surface area (Å²) in [6.07, 6.45) is 1.93. The van der Waals surface area contributed by atoms with Gasteiger partial charge in [-0.1, -0.05) is 27.4 Å². The van der Waals surface area contributed by atoms with Crippen LogP contribution in [0.2, 0.25) is 0 Å². The molecule has 6 rings (SSSR count). The maximum Gasteiger partial charge on any atom is 0.355 e. The fraction of sp³-hybridized carbons (Fsp3) is 0.452. The van der Waals surface area contributed by atoms with Crippen LogP contribution in [0.3, 0.4) is 0 Å². The van der Waals surface area contributed by atoms with Crippen LogP contribution in [-0.4, -0.2) is 33.5 Å². The first-order valence-electron chi connectivity index (χ1n) is 13.8. The van der Waals surface area contributed by atoms with Gasteiger partial charge in [-0.05, 0) is 69.0 Å². The highest BCUT2D eigenvalue weighted by molar-refractivity contribution is 5.93. The van der Waals surface area contributed by atoms with Gasteiger partial charge in [0.2, 0.25) is 5.60 Å². The molecule has 7 nitrogen and oxygen atoms in total. The molecule has 204 valence electrons. The van der Waals surface area contributed by atoms with Crippen molar-refractivity contribution in [2.24, 2.45) is 0 Å². The predicted molar refractivity (Wildman–Crippen MR) is 147 cm³/mol. The van der Waals surface area contributed by atoms with Gasteiger partial charge in [0.1, 0.15) is 12.4 Å². The lowest BCUT2D eigenvalue weighted by molar-refractivity contribution is -0.175. The topological polar surface area (TPSA) is 73.7 Å². The van der Waals surface area contributed by atoms with Crippen molar-refractivity contribution in [3.8, 4) is 11.4 Å². The zero-order valence-electron chi connectivity index (χ0n) is 23.2. The van der Waals surface area contributed by atoms with Gasteiger partial charge < -0.3 is 14.0 Å². The second-order valence-corrected chi connectivity index (χ2v) is 10.9. The molecule has 0 unspecified atom stereocenters. The standard InChI is InChI=1S/C31H34FN3O4/c1-7-31(39-16(4)5)21-12-25-28-19(14-35(25)29(36)20(21)15-38-30(31)37)27-24(34(8-2)9-3)11-10-18-17(6)22(32)13-23(33-28)26(18)27/h12-13,24H,4,7-11,14-15H2,1-3,5-6H3/t24-,31-/m0/s1. The van der Waals surface area contributed by atoms with Crippen molar-refractivity contribution in [1.29, 1.82) is 0 Å². The summed E-state index contributed by atoms with van der Waals surface area (Å²) in [5, 5.41) is 1.02. The molecule has 2 atom stereocenters. The highest BCUT2D eigenvalue weighted by atomic mass is 19.1. The Morgan fingerprint density at radius 2 is 1.97 bits per heavy atom. The van der Waals surface area contributed by atoms with Crippen LogP contribution in [0.4, 0.5) is 4.39 Å². The number of carbonyl (C=O) groups is 1. The molecule has 1 aromatic carbocycles. The van der Waals surface area contributed by atoms with E-state index in [4.69, 9.17) is 14.5 Å². The van der Waals surface area contributed by atoms with Crippen LogP contribution in [0.1, 0.15) is 80.0 Å². The Morgan fingerprint density at radius 1 is 1.23 bits per heavy atom. The monoisotopic (exact) mass is 531 g/mol. The SMILES string of the molecule is C=C(C)O[C@]1(CC)C(=O)OCc2c1cc1n(c2=O)Cc2c-1nc1cc(F)c(C)c3c1c2[C@@H](N(CC)CC)CC3. The van der Waals surface area contributed by atoms with Crippen molar-refractivity contribution in [3.63, 3.8) is 0 Å². The molecule has 0 amide bonds. The van der Waals surface area contributed by atoms with Crippen LogP contribution in [0.25, 0.3) is 22.3 Å². The van der Waals surface area contributed by atoms with Gasteiger partial charge in [0, 0.05) is 28.6 Å². The fourth-order valence-electron chi connectivity index (χ4n) is 7.01. The van der Waals surface area contributed by atoms with Gasteiger partial charge in [0.25, 0.3) is 5.56 Å². The van der Waals surface area contributed by atoms with E-state index in [9.17, 15) is 9.59 Å². The van der Waals surface area contributed by atoms with Crippen molar-refractivity contribution >= 4 is 16.9 Å². The Balaban J connectivity index is 1.67. The minimum absolute atomic E-state index is 0.107. The second-order valence-electron chi connectivity index (χ2n) is 10.9. The summed E-state index contributed by atoms with van der Waals surface area (Å²) in [4.78, 5) is 34.5. The number of hydrogen-bond acceptors (Lipinski definition) is 6. The minimum Gasteiger partial charge on any atom is -0.476 e. The van der Waals surface area contributed by atoms with E-state index >= 15 is 4.39 Å². The number of fused-ring (bicyclic) bond motifs is 5. The average Bonchev–Trinajstić information content (AvgIpc) is 3.28. The van der Waals surface area contributed by atoms with Crippen LogP contribution >= 0.6 is 0 Å². The number of aromatic nitrogens is 2. The lowest BCUT2D eigenvalue weighted by Gasteiger charge is -2.36. The van der Waals surface area contributed by atoms with E-state index in [2.05, 4.69) is 25.3 Å². The van der Waals surface area contributed by atoms with Gasteiger partial charge in [-0.3, -0.25) is 9.69 Å². The maximum absolute atomic E-state index is 15.1. The highest BCUT2D eigenvalue weighted by Gasteiger charge is 2.49. The molecule has 3 aromatic rings. The predicted octanol–water partition coefficient (Wildman–Crippen LogP) is 5.41. The number of allylic oxidation sites excluding steroid dienone is 1. The molecular formula is C31H34FN3O4. The number of nitrogens with zero attached hydrogens (tertiary/aromatic N) is 3. The van der Waals surface area contributed by atoms with Gasteiger partial charge in [0.05, 0.1) is 34.8 Å². The van der Waals surface area contributed by atoms with Gasteiger partial charge >= 0.3 is 5.97 Å². The minimum atomic E-state index is -1.46. The second kappa shape index (κ2) is 9.01. The molecular weight excluding hydrogens is 497 g/mol. The number of benzene rings is 1. The summed E-state index contributed by atoms with van der Waals surface area (Å²) in [5.74, 6) is -0.439. The largest absolute Gasteiger partial charge is 0.476 e. The summed E-state index contributed by atoms with van der Waals surface area (Å²) in [7, 11) is 0. The van der Waals surface area contributed by atoms with Crippen LogP contribution in [0, 0.1) is 12.7 Å². The molecule has 39 heavy (non-hydrogen) atoms. The van der Waals surface area contributed by atoms with Crippen molar-refractivity contribution in [2.75, 3.05) is 13.1 Å². The molecule has 0 fully saturated rings. The Morgan fingerprint density at radius 3 is 2.64 bits per heavy atom. The van der Waals surface area contributed by atoms with Crippen molar-refractivity contribution < 1.29 is 18.7 Å². The van der Waals surface area contributed by atoms with E-state index in [1.54, 1.807) is 11.5 Å². The quantitative estimate of drug-likeness (QED) is 0.245. The number of cyclic esters (lactones) is 1. The lowest BCUT2D eigenvalue weighted by atomic mass is 9.81. The number of carbonyl (C=O) groups excluding carboxylic acids is 1. The third kappa shape index (κ3) is 3.46. The molecule has 0 radical (unpaired) electrons. The number of rotatable bonds is 6. The summed E-state index contributed by atoms with van der Waals surface area (Å²) < 4.78 is 28.3. The van der Waals surface area contributed by atoms with Crippen LogP contribution in [0.15, 0.2) is 29.3 Å². The number of halogens is 1. The molecule has 0 saturated carbocycles. The number of pyridine rings is 2. The van der Waals surface area contributed by atoms with E-state index in [1.807, 2.05) is 19.9 Å². The Kier molecular flexibility index (Phi) is 5.95. The molecule has 2 aliphatic heterocycles. The number of aryl methyl sites for hydroxylation is 1. The van der Waals surface area contributed by atoms with Gasteiger partial charge in [-0.2, -0.15) is 0 Å². The maximum atomic E-state index is 15.1. The third-order valence-corrected chi connectivity index (χ3v) is 8.92. The first-order chi connectivity index (χ1) is 18.7. The van der Waals surface area contributed by atoms with Gasteiger partial charge in [0.15, 0.2) is 0 Å². The molecule has 2 aromatic heterocycles. The van der Waals surface area contributed by atoms with Crippen molar-refractivity contribution in [1.82, 2.24) is 14.5 Å². The number of hydrogen-bond donors (Lipinski definition) is 0. The first-order valence-corrected chi connectivity index (χ1v) is 13.8. The molecule has 0 saturated heterocycles. The molecule has 4 heterocycles. The Bertz CT molecular complexity index is 1640. The Labute approximate surface area is 227 Å². The molecule has 0 bridgehead atoms. The summed E-state index contributed by atoms with van der Waals surface area (Å²) in [6, 6.07) is 3.53. The number of esters is 1. The van der Waals surface area contributed by atoms with E-state index in [-0.39, 0.29) is 30.4 Å². The molecule has 0 N–H and O–H groups in total. The molecule has 8 heteroatoms. The van der Waals surface area contributed by atoms with E-state index in [1.165, 1.54) is 6.07 Å². The first kappa shape index (κ1) is 25.7. The van der Waals surface area contributed by atoms with Crippen molar-refractivity contribution in [2.45, 2.75) is 78.7 Å². The normalized spacial score (nSPS) is 21.0. The fourth-order valence-corrected chi connectivity index (χ4v) is 7.01. The summed E-state index contributed by atoms with van der Waals surface area (Å²) >= 11 is 0. The van der Waals surface area contributed by atoms with Crippen molar-refractivity contribution in [3.05, 3.63) is 74.0 Å². The molecule has 3 aliphatic rings. The van der Waals surface area contributed by atoms with Crippen LogP contribution in [-0.2, 0) is 39.4 Å². The Hall–Kier alpha value is -3.52.